The molecule has 2 rings (SSSR count). The van der Waals surface area contributed by atoms with Crippen LogP contribution in [0.3, 0.4) is 0 Å². The number of methoxy groups -OCH3 is 1. The SMILES string of the molecule is CCc1cn(CCCOC)c2ccccc12. The number of fused-ring (bicyclic) bond motifs is 1. The monoisotopic (exact) mass is 217 g/mol. The second kappa shape index (κ2) is 5.17. The van der Waals surface area contributed by atoms with Crippen molar-refractivity contribution in [1.29, 1.82) is 0 Å². The number of nitrogens with zero attached hydrogens (tertiary/aromatic N) is 1. The maximum absolute atomic E-state index is 5.10. The van der Waals surface area contributed by atoms with Gasteiger partial charge in [-0.25, -0.2) is 0 Å². The first-order valence-electron chi connectivity index (χ1n) is 5.92. The Morgan fingerprint density at radius 3 is 2.81 bits per heavy atom. The van der Waals surface area contributed by atoms with E-state index >= 15 is 0 Å². The van der Waals surface area contributed by atoms with E-state index in [1.54, 1.807) is 7.11 Å². The molecule has 2 aromatic rings. The average molecular weight is 217 g/mol. The fourth-order valence-corrected chi connectivity index (χ4v) is 2.17. The number of ether oxygens (including phenoxy) is 1. The van der Waals surface area contributed by atoms with Crippen molar-refractivity contribution < 1.29 is 4.74 Å². The van der Waals surface area contributed by atoms with Crippen molar-refractivity contribution in [1.82, 2.24) is 4.57 Å². The van der Waals surface area contributed by atoms with E-state index in [9.17, 15) is 0 Å². The van der Waals surface area contributed by atoms with E-state index in [4.69, 9.17) is 4.74 Å². The molecule has 0 aliphatic carbocycles. The third-order valence-corrected chi connectivity index (χ3v) is 3.00. The summed E-state index contributed by atoms with van der Waals surface area (Å²) in [6, 6.07) is 8.62. The van der Waals surface area contributed by atoms with Gasteiger partial charge in [-0.2, -0.15) is 0 Å². The molecule has 0 atom stereocenters. The number of aryl methyl sites for hydroxylation is 2. The lowest BCUT2D eigenvalue weighted by Crippen LogP contribution is -1.99. The Hall–Kier alpha value is -1.28. The fraction of sp³-hybridized carbons (Fsp3) is 0.429. The number of benzene rings is 1. The Kier molecular flexibility index (Phi) is 3.62. The number of rotatable bonds is 5. The summed E-state index contributed by atoms with van der Waals surface area (Å²) >= 11 is 0. The summed E-state index contributed by atoms with van der Waals surface area (Å²) in [4.78, 5) is 0. The molecule has 0 amide bonds. The van der Waals surface area contributed by atoms with Gasteiger partial charge >= 0.3 is 0 Å². The average Bonchev–Trinajstić information content (AvgIpc) is 2.68. The molecule has 0 saturated carbocycles. The second-order valence-electron chi connectivity index (χ2n) is 4.06. The van der Waals surface area contributed by atoms with E-state index in [-0.39, 0.29) is 0 Å². The minimum Gasteiger partial charge on any atom is -0.385 e. The van der Waals surface area contributed by atoms with E-state index < -0.39 is 0 Å². The standard InChI is InChI=1S/C14H19NO/c1-3-12-11-15(9-6-10-16-2)14-8-5-4-7-13(12)14/h4-5,7-8,11H,3,6,9-10H2,1-2H3. The van der Waals surface area contributed by atoms with Crippen molar-refractivity contribution in [2.24, 2.45) is 0 Å². The van der Waals surface area contributed by atoms with Crippen LogP contribution >= 0.6 is 0 Å². The van der Waals surface area contributed by atoms with Crippen molar-refractivity contribution in [2.75, 3.05) is 13.7 Å². The minimum atomic E-state index is 0.827. The van der Waals surface area contributed by atoms with Crippen molar-refractivity contribution >= 4 is 10.9 Å². The predicted octanol–water partition coefficient (Wildman–Crippen LogP) is 3.24. The zero-order valence-electron chi connectivity index (χ0n) is 10.1. The molecular weight excluding hydrogens is 198 g/mol. The fourth-order valence-electron chi connectivity index (χ4n) is 2.17. The first kappa shape index (κ1) is 11.2. The lowest BCUT2D eigenvalue weighted by molar-refractivity contribution is 0.190. The molecule has 0 saturated heterocycles. The Morgan fingerprint density at radius 1 is 1.25 bits per heavy atom. The van der Waals surface area contributed by atoms with Crippen molar-refractivity contribution in [3.05, 3.63) is 36.0 Å². The molecule has 1 heterocycles. The molecule has 0 fully saturated rings. The third-order valence-electron chi connectivity index (χ3n) is 3.00. The molecule has 86 valence electrons. The molecule has 1 aromatic heterocycles. The highest BCUT2D eigenvalue weighted by atomic mass is 16.5. The normalized spacial score (nSPS) is 11.1. The number of hydrogen-bond donors (Lipinski definition) is 0. The molecule has 0 aliphatic rings. The molecule has 16 heavy (non-hydrogen) atoms. The molecule has 2 heteroatoms. The highest BCUT2D eigenvalue weighted by Gasteiger charge is 2.05. The second-order valence-corrected chi connectivity index (χ2v) is 4.06. The number of hydrogen-bond acceptors (Lipinski definition) is 1. The lowest BCUT2D eigenvalue weighted by atomic mass is 10.1. The van der Waals surface area contributed by atoms with Gasteiger partial charge in [0.15, 0.2) is 0 Å². The van der Waals surface area contributed by atoms with E-state index in [1.165, 1.54) is 16.5 Å². The maximum Gasteiger partial charge on any atom is 0.0483 e. The van der Waals surface area contributed by atoms with Gasteiger partial charge in [0.2, 0.25) is 0 Å². The summed E-state index contributed by atoms with van der Waals surface area (Å²) in [5.41, 5.74) is 2.78. The van der Waals surface area contributed by atoms with Crippen LogP contribution in [-0.4, -0.2) is 18.3 Å². The van der Waals surface area contributed by atoms with Crippen molar-refractivity contribution in [3.63, 3.8) is 0 Å². The lowest BCUT2D eigenvalue weighted by Gasteiger charge is -2.04. The van der Waals surface area contributed by atoms with E-state index in [2.05, 4.69) is 42.0 Å². The Balaban J connectivity index is 2.30. The first-order valence-corrected chi connectivity index (χ1v) is 5.92. The van der Waals surface area contributed by atoms with Crippen LogP contribution in [0.15, 0.2) is 30.5 Å². The van der Waals surface area contributed by atoms with Crippen LogP contribution < -0.4 is 0 Å². The van der Waals surface area contributed by atoms with Crippen LogP contribution in [0, 0.1) is 0 Å². The number of para-hydroxylation sites is 1. The first-order chi connectivity index (χ1) is 7.86. The largest absolute Gasteiger partial charge is 0.385 e. The van der Waals surface area contributed by atoms with Crippen LogP contribution in [0.25, 0.3) is 10.9 Å². The van der Waals surface area contributed by atoms with Gasteiger partial charge in [0.05, 0.1) is 0 Å². The van der Waals surface area contributed by atoms with Crippen molar-refractivity contribution in [3.8, 4) is 0 Å². The Bertz CT molecular complexity index is 459. The Morgan fingerprint density at radius 2 is 2.06 bits per heavy atom. The molecule has 0 spiro atoms. The summed E-state index contributed by atoms with van der Waals surface area (Å²) in [7, 11) is 1.76. The van der Waals surface area contributed by atoms with Gasteiger partial charge in [0.1, 0.15) is 0 Å². The van der Waals surface area contributed by atoms with Crippen LogP contribution in [0.2, 0.25) is 0 Å². The molecule has 0 N–H and O–H groups in total. The molecule has 0 unspecified atom stereocenters. The van der Waals surface area contributed by atoms with Gasteiger partial charge in [0.25, 0.3) is 0 Å². The molecule has 0 bridgehead atoms. The van der Waals surface area contributed by atoms with Crippen LogP contribution in [-0.2, 0) is 17.7 Å². The summed E-state index contributed by atoms with van der Waals surface area (Å²) in [6.45, 7) is 4.07. The van der Waals surface area contributed by atoms with Gasteiger partial charge in [0, 0.05) is 37.4 Å². The smallest absolute Gasteiger partial charge is 0.0483 e. The molecule has 0 aliphatic heterocycles. The molecule has 2 nitrogen and oxygen atoms in total. The van der Waals surface area contributed by atoms with Crippen LogP contribution in [0.4, 0.5) is 0 Å². The predicted molar refractivity (Wildman–Crippen MR) is 67.8 cm³/mol. The van der Waals surface area contributed by atoms with Crippen LogP contribution in [0.5, 0.6) is 0 Å². The van der Waals surface area contributed by atoms with Gasteiger partial charge in [-0.05, 0) is 24.5 Å². The topological polar surface area (TPSA) is 14.2 Å². The van der Waals surface area contributed by atoms with Gasteiger partial charge < -0.3 is 9.30 Å². The maximum atomic E-state index is 5.10. The number of aromatic nitrogens is 1. The summed E-state index contributed by atoms with van der Waals surface area (Å²) in [5, 5.41) is 1.39. The van der Waals surface area contributed by atoms with Gasteiger partial charge in [-0.15, -0.1) is 0 Å². The van der Waals surface area contributed by atoms with Crippen molar-refractivity contribution in [2.45, 2.75) is 26.3 Å². The van der Waals surface area contributed by atoms with Crippen LogP contribution in [0.1, 0.15) is 18.9 Å². The highest BCUT2D eigenvalue weighted by Crippen LogP contribution is 2.21. The molecule has 0 radical (unpaired) electrons. The minimum absolute atomic E-state index is 0.827. The zero-order chi connectivity index (χ0) is 11.4. The summed E-state index contributed by atoms with van der Waals surface area (Å²) in [6.07, 6.45) is 4.44. The summed E-state index contributed by atoms with van der Waals surface area (Å²) < 4.78 is 7.44. The molecule has 1 aromatic carbocycles. The summed E-state index contributed by atoms with van der Waals surface area (Å²) in [5.74, 6) is 0. The zero-order valence-corrected chi connectivity index (χ0v) is 10.1. The third kappa shape index (κ3) is 2.12. The highest BCUT2D eigenvalue weighted by molar-refractivity contribution is 5.83. The van der Waals surface area contributed by atoms with E-state index in [1.807, 2.05) is 0 Å². The van der Waals surface area contributed by atoms with E-state index in [0.717, 1.165) is 26.0 Å². The molecular formula is C14H19NO. The van der Waals surface area contributed by atoms with Gasteiger partial charge in [-0.3, -0.25) is 0 Å². The Labute approximate surface area is 96.8 Å². The van der Waals surface area contributed by atoms with E-state index in [0.29, 0.717) is 0 Å². The quantitative estimate of drug-likeness (QED) is 0.701. The van der Waals surface area contributed by atoms with Gasteiger partial charge in [-0.1, -0.05) is 25.1 Å².